The summed E-state index contributed by atoms with van der Waals surface area (Å²) >= 11 is 0. The van der Waals surface area contributed by atoms with Crippen LogP contribution in [0.15, 0.2) is 34.9 Å². The quantitative estimate of drug-likeness (QED) is 0.375. The van der Waals surface area contributed by atoms with E-state index in [1.807, 2.05) is 0 Å². The van der Waals surface area contributed by atoms with Crippen molar-refractivity contribution in [2.75, 3.05) is 27.4 Å². The van der Waals surface area contributed by atoms with Crippen LogP contribution < -0.4 is 0 Å². The zero-order valence-electron chi connectivity index (χ0n) is 15.9. The van der Waals surface area contributed by atoms with Gasteiger partial charge in [0.15, 0.2) is 0 Å². The molecule has 3 rings (SSSR count). The Kier molecular flexibility index (Phi) is 6.08. The van der Waals surface area contributed by atoms with Gasteiger partial charge in [0.05, 0.1) is 30.1 Å². The highest BCUT2D eigenvalue weighted by Crippen LogP contribution is 2.25. The maximum atomic E-state index is 12.5. The number of imide groups is 1. The molecule has 0 atom stereocenters. The second-order valence-electron chi connectivity index (χ2n) is 6.21. The molecule has 9 heteroatoms. The lowest BCUT2D eigenvalue weighted by Crippen LogP contribution is -2.31. The largest absolute Gasteiger partial charge is 0.463 e. The standard InChI is InChI=1S/C20H19NO8/c1-26-8-3-7-21-17(22)14-5-4-12(10-15(14)18(21)23)19(24)29-11-13-6-9-28-16(13)20(25)27-2/h4-6,9-10H,3,7-8,11H2,1-2H3. The van der Waals surface area contributed by atoms with Crippen LogP contribution in [0.5, 0.6) is 0 Å². The number of methoxy groups -OCH3 is 2. The molecule has 0 unspecified atom stereocenters. The predicted molar refractivity (Wildman–Crippen MR) is 97.5 cm³/mol. The molecule has 0 spiro atoms. The normalized spacial score (nSPS) is 12.8. The first-order chi connectivity index (χ1) is 14.0. The van der Waals surface area contributed by atoms with Gasteiger partial charge in [0.25, 0.3) is 11.8 Å². The Morgan fingerprint density at radius 3 is 2.52 bits per heavy atom. The van der Waals surface area contributed by atoms with E-state index in [1.54, 1.807) is 0 Å². The summed E-state index contributed by atoms with van der Waals surface area (Å²) in [4.78, 5) is 50.0. The third-order valence-electron chi connectivity index (χ3n) is 4.41. The van der Waals surface area contributed by atoms with Crippen LogP contribution in [0.4, 0.5) is 0 Å². The SMILES string of the molecule is COCCCN1C(=O)c2ccc(C(=O)OCc3ccoc3C(=O)OC)cc2C1=O. The van der Waals surface area contributed by atoms with Gasteiger partial charge in [-0.15, -0.1) is 0 Å². The number of ether oxygens (including phenoxy) is 3. The van der Waals surface area contributed by atoms with Gasteiger partial charge < -0.3 is 18.6 Å². The number of amides is 2. The van der Waals surface area contributed by atoms with E-state index >= 15 is 0 Å². The van der Waals surface area contributed by atoms with Crippen molar-refractivity contribution in [3.63, 3.8) is 0 Å². The zero-order chi connectivity index (χ0) is 21.0. The van der Waals surface area contributed by atoms with Crippen LogP contribution in [-0.4, -0.2) is 56.0 Å². The number of hydrogen-bond acceptors (Lipinski definition) is 8. The van der Waals surface area contributed by atoms with E-state index in [-0.39, 0.29) is 35.6 Å². The van der Waals surface area contributed by atoms with Gasteiger partial charge >= 0.3 is 11.9 Å². The Bertz CT molecular complexity index is 961. The molecule has 1 aromatic carbocycles. The van der Waals surface area contributed by atoms with E-state index in [0.29, 0.717) is 18.6 Å². The summed E-state index contributed by atoms with van der Waals surface area (Å²) in [5.74, 6) is -2.30. The summed E-state index contributed by atoms with van der Waals surface area (Å²) in [6, 6.07) is 5.68. The van der Waals surface area contributed by atoms with E-state index in [9.17, 15) is 19.2 Å². The minimum absolute atomic E-state index is 0.0540. The molecule has 1 aliphatic heterocycles. The lowest BCUT2D eigenvalue weighted by molar-refractivity contribution is 0.0453. The molecule has 9 nitrogen and oxygen atoms in total. The maximum Gasteiger partial charge on any atom is 0.374 e. The maximum absolute atomic E-state index is 12.5. The molecule has 2 aromatic rings. The molecular formula is C20H19NO8. The van der Waals surface area contributed by atoms with Crippen LogP contribution in [0, 0.1) is 0 Å². The molecule has 0 aliphatic carbocycles. The number of benzene rings is 1. The topological polar surface area (TPSA) is 112 Å². The molecule has 2 amide bonds. The fraction of sp³-hybridized carbons (Fsp3) is 0.300. The number of hydrogen-bond donors (Lipinski definition) is 0. The number of nitrogens with zero attached hydrogens (tertiary/aromatic N) is 1. The van der Waals surface area contributed by atoms with Gasteiger partial charge in [0, 0.05) is 25.8 Å². The summed E-state index contributed by atoms with van der Waals surface area (Å²) < 4.78 is 19.8. The van der Waals surface area contributed by atoms with Gasteiger partial charge in [-0.1, -0.05) is 0 Å². The van der Waals surface area contributed by atoms with Gasteiger partial charge in [0.1, 0.15) is 6.61 Å². The van der Waals surface area contributed by atoms with E-state index in [1.165, 1.54) is 44.7 Å². The molecule has 0 bridgehead atoms. The van der Waals surface area contributed by atoms with Crippen molar-refractivity contribution in [2.45, 2.75) is 13.0 Å². The average molecular weight is 401 g/mol. The van der Waals surface area contributed by atoms with Crippen LogP contribution in [-0.2, 0) is 20.8 Å². The third-order valence-corrected chi connectivity index (χ3v) is 4.41. The van der Waals surface area contributed by atoms with Crippen molar-refractivity contribution in [2.24, 2.45) is 0 Å². The first-order valence-electron chi connectivity index (χ1n) is 8.79. The monoisotopic (exact) mass is 401 g/mol. The number of carbonyl (C=O) groups excluding carboxylic acids is 4. The van der Waals surface area contributed by atoms with Crippen LogP contribution in [0.2, 0.25) is 0 Å². The molecule has 0 saturated heterocycles. The van der Waals surface area contributed by atoms with Gasteiger partial charge in [-0.3, -0.25) is 14.5 Å². The number of furan rings is 1. The molecule has 1 aromatic heterocycles. The Balaban J connectivity index is 1.70. The number of carbonyl (C=O) groups is 4. The van der Waals surface area contributed by atoms with Crippen LogP contribution in [0.1, 0.15) is 53.6 Å². The van der Waals surface area contributed by atoms with Crippen molar-refractivity contribution in [1.29, 1.82) is 0 Å². The Labute approximate surface area is 166 Å². The molecule has 0 fully saturated rings. The number of rotatable bonds is 8. The summed E-state index contributed by atoms with van der Waals surface area (Å²) in [7, 11) is 2.75. The minimum Gasteiger partial charge on any atom is -0.463 e. The van der Waals surface area contributed by atoms with E-state index in [4.69, 9.17) is 13.9 Å². The fourth-order valence-corrected chi connectivity index (χ4v) is 2.94. The molecule has 0 radical (unpaired) electrons. The van der Waals surface area contributed by atoms with Gasteiger partial charge in [-0.2, -0.15) is 0 Å². The number of fused-ring (bicyclic) bond motifs is 1. The van der Waals surface area contributed by atoms with Crippen molar-refractivity contribution in [3.8, 4) is 0 Å². The Morgan fingerprint density at radius 2 is 1.79 bits per heavy atom. The van der Waals surface area contributed by atoms with Crippen molar-refractivity contribution >= 4 is 23.8 Å². The molecule has 0 N–H and O–H groups in total. The van der Waals surface area contributed by atoms with Crippen LogP contribution >= 0.6 is 0 Å². The van der Waals surface area contributed by atoms with Gasteiger partial charge in [-0.05, 0) is 30.7 Å². The predicted octanol–water partition coefficient (Wildman–Crippen LogP) is 2.06. The highest BCUT2D eigenvalue weighted by Gasteiger charge is 2.35. The molecular weight excluding hydrogens is 382 g/mol. The third kappa shape index (κ3) is 4.04. The zero-order valence-corrected chi connectivity index (χ0v) is 15.9. The lowest BCUT2D eigenvalue weighted by atomic mass is 10.1. The second-order valence-corrected chi connectivity index (χ2v) is 6.21. The smallest absolute Gasteiger partial charge is 0.374 e. The molecule has 152 valence electrons. The first-order valence-corrected chi connectivity index (χ1v) is 8.79. The second kappa shape index (κ2) is 8.70. The molecule has 2 heterocycles. The Hall–Kier alpha value is -3.46. The molecule has 29 heavy (non-hydrogen) atoms. The van der Waals surface area contributed by atoms with Crippen molar-refractivity contribution < 1.29 is 37.8 Å². The molecule has 0 saturated carbocycles. The summed E-state index contributed by atoms with van der Waals surface area (Å²) in [6.45, 7) is 0.441. The summed E-state index contributed by atoms with van der Waals surface area (Å²) in [6.07, 6.45) is 1.80. The summed E-state index contributed by atoms with van der Waals surface area (Å²) in [5, 5.41) is 0. The average Bonchev–Trinajstić information content (AvgIpc) is 3.30. The van der Waals surface area contributed by atoms with E-state index in [2.05, 4.69) is 4.74 Å². The van der Waals surface area contributed by atoms with Gasteiger partial charge in [-0.25, -0.2) is 9.59 Å². The molecule has 1 aliphatic rings. The van der Waals surface area contributed by atoms with Crippen LogP contribution in [0.3, 0.4) is 0 Å². The highest BCUT2D eigenvalue weighted by atomic mass is 16.5. The highest BCUT2D eigenvalue weighted by molar-refractivity contribution is 6.21. The van der Waals surface area contributed by atoms with Crippen LogP contribution in [0.25, 0.3) is 0 Å². The van der Waals surface area contributed by atoms with Crippen molar-refractivity contribution in [3.05, 3.63) is 58.5 Å². The lowest BCUT2D eigenvalue weighted by Gasteiger charge is -2.12. The van der Waals surface area contributed by atoms with Crippen molar-refractivity contribution in [1.82, 2.24) is 4.90 Å². The fourth-order valence-electron chi connectivity index (χ4n) is 2.94. The first kappa shape index (κ1) is 20.3. The minimum atomic E-state index is -0.706. The van der Waals surface area contributed by atoms with Gasteiger partial charge in [0.2, 0.25) is 5.76 Å². The van der Waals surface area contributed by atoms with E-state index < -0.39 is 23.8 Å². The Morgan fingerprint density at radius 1 is 1.03 bits per heavy atom. The number of esters is 2. The van der Waals surface area contributed by atoms with E-state index in [0.717, 1.165) is 4.90 Å². The summed E-state index contributed by atoms with van der Waals surface area (Å²) in [5.41, 5.74) is 0.862.